The monoisotopic (exact) mass is 1200 g/mol. The number of phenolic OH excluding ortho intramolecular Hbond substituents is 1. The fraction of sp³-hybridized carbons (Fsp3) is 0.194. The number of methoxy groups -OCH3 is 1. The van der Waals surface area contributed by atoms with E-state index in [4.69, 9.17) is 46.7 Å². The highest BCUT2D eigenvalue weighted by Gasteiger charge is 2.24. The lowest BCUT2D eigenvalue weighted by Crippen LogP contribution is -2.16. The summed E-state index contributed by atoms with van der Waals surface area (Å²) in [5.41, 5.74) is 4.11. The van der Waals surface area contributed by atoms with Crippen molar-refractivity contribution in [3.63, 3.8) is 0 Å². The molecular formula is C72H64O17. The van der Waals surface area contributed by atoms with Gasteiger partial charge in [0, 0.05) is 43.9 Å². The summed E-state index contributed by atoms with van der Waals surface area (Å²) in [6.07, 6.45) is 1.86. The number of unbranched alkanes of at least 4 members (excludes halogenated alkanes) is 2. The molecule has 0 fully saturated rings. The molecule has 2 aromatic heterocycles. The van der Waals surface area contributed by atoms with E-state index in [1.807, 2.05) is 121 Å². The van der Waals surface area contributed by atoms with Gasteiger partial charge in [-0.25, -0.2) is 0 Å². The van der Waals surface area contributed by atoms with Crippen LogP contribution in [-0.4, -0.2) is 42.9 Å². The van der Waals surface area contributed by atoms with Gasteiger partial charge < -0.3 is 51.8 Å². The molecule has 10 aromatic rings. The Morgan fingerprint density at radius 2 is 0.764 bits per heavy atom. The molecule has 0 saturated carbocycles. The summed E-state index contributed by atoms with van der Waals surface area (Å²) in [7, 11) is 1.50. The fourth-order valence-corrected chi connectivity index (χ4v) is 9.10. The van der Waals surface area contributed by atoms with Crippen molar-refractivity contribution in [3.8, 4) is 57.1 Å². The van der Waals surface area contributed by atoms with E-state index in [-0.39, 0.29) is 110 Å². The Kier molecular flexibility index (Phi) is 22.6. The zero-order chi connectivity index (χ0) is 62.2. The Balaban J connectivity index is 0.000000212. The number of esters is 4. The number of rotatable bonds is 27. The maximum absolute atomic E-state index is 13.6. The van der Waals surface area contributed by atoms with E-state index in [0.717, 1.165) is 22.3 Å². The highest BCUT2D eigenvalue weighted by molar-refractivity contribution is 5.86. The second-order valence-electron chi connectivity index (χ2n) is 20.3. The van der Waals surface area contributed by atoms with Crippen molar-refractivity contribution in [3.05, 3.63) is 249 Å². The SMILES string of the molecule is COCOc1cc(-c2oc3ccccc3c(=O)c2OC(=O)CCCCC(=O)OCc2ccccc2)ccc1OCc1ccccc1.O=C(CCCCC(=O)Oc1c(-c2ccc(OCc3ccccc3)c(O)c2)oc2ccccc2c1=O)OCc1ccccc1. The number of benzene rings is 8. The number of phenols is 1. The first-order valence-electron chi connectivity index (χ1n) is 28.8. The van der Waals surface area contributed by atoms with Crippen molar-refractivity contribution in [2.45, 2.75) is 77.8 Å². The van der Waals surface area contributed by atoms with Gasteiger partial charge in [-0.05, 0) is 109 Å². The third kappa shape index (κ3) is 18.1. The van der Waals surface area contributed by atoms with Crippen molar-refractivity contribution in [2.24, 2.45) is 0 Å². The average molecular weight is 1200 g/mol. The molecule has 0 radical (unpaired) electrons. The molecule has 89 heavy (non-hydrogen) atoms. The van der Waals surface area contributed by atoms with Gasteiger partial charge >= 0.3 is 23.9 Å². The average Bonchev–Trinajstić information content (AvgIpc) is 1.38. The van der Waals surface area contributed by atoms with E-state index in [2.05, 4.69) is 0 Å². The standard InChI is InChI=1S/C37H34O9.C35H30O8/c1-41-25-44-32-22-28(20-21-31(32)42-23-26-12-4-2-5-13-26)36-37(35(40)29-16-8-9-17-30(29)45-36)46-34(39)19-11-10-18-33(38)43-24-27-14-6-3-7-15-27;36-28-21-26(19-20-30(28)40-22-24-11-3-1-4-12-24)34-35(33(39)27-15-7-8-16-29(27)42-34)43-32(38)18-10-9-17-31(37)41-23-25-13-5-2-6-14-25/h2-9,12-17,20-22H,10-11,18-19,23-25H2,1H3;1-8,11-16,19-21,36H,9-10,17-18,22-23H2. The second-order valence-corrected chi connectivity index (χ2v) is 20.3. The molecule has 0 aliphatic carbocycles. The van der Waals surface area contributed by atoms with Crippen LogP contribution in [-0.2, 0) is 59.8 Å². The summed E-state index contributed by atoms with van der Waals surface area (Å²) in [5, 5.41) is 11.2. The quantitative estimate of drug-likeness (QED) is 0.0287. The number of hydrogen-bond acceptors (Lipinski definition) is 17. The van der Waals surface area contributed by atoms with Crippen LogP contribution in [0.2, 0.25) is 0 Å². The van der Waals surface area contributed by atoms with Crippen molar-refractivity contribution in [1.29, 1.82) is 0 Å². The van der Waals surface area contributed by atoms with Gasteiger partial charge in [0.15, 0.2) is 41.3 Å². The van der Waals surface area contributed by atoms with Crippen LogP contribution in [0.1, 0.15) is 73.6 Å². The lowest BCUT2D eigenvalue weighted by atomic mass is 10.1. The maximum atomic E-state index is 13.6. The smallest absolute Gasteiger partial charge is 0.311 e. The van der Waals surface area contributed by atoms with Crippen LogP contribution < -0.4 is 34.5 Å². The largest absolute Gasteiger partial charge is 0.504 e. The third-order valence-corrected chi connectivity index (χ3v) is 13.7. The van der Waals surface area contributed by atoms with Crippen molar-refractivity contribution >= 4 is 45.8 Å². The van der Waals surface area contributed by atoms with Crippen LogP contribution in [0.4, 0.5) is 0 Å². The topological polar surface area (TPSA) is 223 Å². The van der Waals surface area contributed by atoms with Gasteiger partial charge in [-0.2, -0.15) is 0 Å². The Morgan fingerprint density at radius 3 is 1.19 bits per heavy atom. The Morgan fingerprint density at radius 1 is 0.393 bits per heavy atom. The highest BCUT2D eigenvalue weighted by Crippen LogP contribution is 2.39. The van der Waals surface area contributed by atoms with E-state index >= 15 is 0 Å². The predicted octanol–water partition coefficient (Wildman–Crippen LogP) is 14.2. The highest BCUT2D eigenvalue weighted by atomic mass is 16.7. The van der Waals surface area contributed by atoms with E-state index < -0.39 is 22.8 Å². The minimum absolute atomic E-state index is 0.00597. The molecule has 1 N–H and O–H groups in total. The molecule has 17 heteroatoms. The van der Waals surface area contributed by atoms with Gasteiger partial charge in [-0.1, -0.05) is 146 Å². The fourth-order valence-electron chi connectivity index (χ4n) is 9.10. The molecule has 0 unspecified atom stereocenters. The predicted molar refractivity (Wildman–Crippen MR) is 332 cm³/mol. The molecule has 0 saturated heterocycles. The van der Waals surface area contributed by atoms with Crippen molar-refractivity contribution in [2.75, 3.05) is 13.9 Å². The van der Waals surface area contributed by atoms with E-state index in [1.165, 1.54) is 13.2 Å². The minimum Gasteiger partial charge on any atom is -0.504 e. The third-order valence-electron chi connectivity index (χ3n) is 13.7. The number of fused-ring (bicyclic) bond motifs is 2. The molecule has 0 aliphatic rings. The number of para-hydroxylation sites is 2. The second kappa shape index (κ2) is 32.1. The van der Waals surface area contributed by atoms with E-state index in [0.29, 0.717) is 66.1 Å². The summed E-state index contributed by atoms with van der Waals surface area (Å²) in [6, 6.07) is 60.9. The number of hydrogen-bond donors (Lipinski definition) is 1. The normalized spacial score (nSPS) is 10.8. The summed E-state index contributed by atoms with van der Waals surface area (Å²) >= 11 is 0. The zero-order valence-corrected chi connectivity index (χ0v) is 48.8. The summed E-state index contributed by atoms with van der Waals surface area (Å²) in [5.74, 6) is -1.53. The first-order chi connectivity index (χ1) is 43.5. The minimum atomic E-state index is -0.645. The van der Waals surface area contributed by atoms with Crippen LogP contribution in [0, 0.1) is 0 Å². The molecule has 2 heterocycles. The molecule has 17 nitrogen and oxygen atoms in total. The zero-order valence-electron chi connectivity index (χ0n) is 48.8. The number of carbonyl (C=O) groups is 4. The molecule has 8 aromatic carbocycles. The molecule has 0 atom stereocenters. The van der Waals surface area contributed by atoms with Gasteiger partial charge in [0.25, 0.3) is 0 Å². The summed E-state index contributed by atoms with van der Waals surface area (Å²) < 4.78 is 56.6. The van der Waals surface area contributed by atoms with Gasteiger partial charge in [0.2, 0.25) is 22.4 Å². The molecule has 0 amide bonds. The van der Waals surface area contributed by atoms with Crippen LogP contribution in [0.5, 0.6) is 34.5 Å². The Bertz CT molecular complexity index is 4110. The van der Waals surface area contributed by atoms with Crippen molar-refractivity contribution in [1.82, 2.24) is 0 Å². The van der Waals surface area contributed by atoms with Crippen LogP contribution in [0.15, 0.2) is 225 Å². The molecule has 0 spiro atoms. The van der Waals surface area contributed by atoms with Crippen molar-refractivity contribution < 1.29 is 71.0 Å². The molecule has 0 bridgehead atoms. The lowest BCUT2D eigenvalue weighted by molar-refractivity contribution is -0.146. The first-order valence-corrected chi connectivity index (χ1v) is 28.8. The molecule has 0 aliphatic heterocycles. The van der Waals surface area contributed by atoms with E-state index in [9.17, 15) is 33.9 Å². The van der Waals surface area contributed by atoms with Crippen LogP contribution >= 0.6 is 0 Å². The Hall–Kier alpha value is -10.8. The van der Waals surface area contributed by atoms with Gasteiger partial charge in [-0.15, -0.1) is 0 Å². The van der Waals surface area contributed by atoms with E-state index in [1.54, 1.807) is 78.9 Å². The number of aromatic hydroxyl groups is 1. The van der Waals surface area contributed by atoms with Gasteiger partial charge in [0.1, 0.15) is 37.6 Å². The van der Waals surface area contributed by atoms with Gasteiger partial charge in [-0.3, -0.25) is 28.8 Å². The molecule has 454 valence electrons. The summed E-state index contributed by atoms with van der Waals surface area (Å²) in [6.45, 7) is 0.904. The van der Waals surface area contributed by atoms with Crippen LogP contribution in [0.3, 0.4) is 0 Å². The van der Waals surface area contributed by atoms with Gasteiger partial charge in [0.05, 0.1) is 10.8 Å². The summed E-state index contributed by atoms with van der Waals surface area (Å²) in [4.78, 5) is 76.9. The first kappa shape index (κ1) is 62.7. The molecule has 10 rings (SSSR count). The lowest BCUT2D eigenvalue weighted by Gasteiger charge is -2.15. The number of carbonyl (C=O) groups excluding carboxylic acids is 4. The Labute approximate surface area is 512 Å². The molecular weight excluding hydrogens is 1140 g/mol. The van der Waals surface area contributed by atoms with Crippen LogP contribution in [0.25, 0.3) is 44.6 Å². The maximum Gasteiger partial charge on any atom is 0.311 e. The number of ether oxygens (including phenoxy) is 8.